The van der Waals surface area contributed by atoms with Gasteiger partial charge in [0.05, 0.1) is 0 Å². The van der Waals surface area contributed by atoms with Crippen molar-refractivity contribution in [2.45, 2.75) is 24.6 Å². The van der Waals surface area contributed by atoms with Crippen LogP contribution in [0.4, 0.5) is 5.82 Å². The molecule has 0 radical (unpaired) electrons. The summed E-state index contributed by atoms with van der Waals surface area (Å²) < 4.78 is 0. The lowest BCUT2D eigenvalue weighted by Gasteiger charge is -2.30. The van der Waals surface area contributed by atoms with Crippen molar-refractivity contribution in [2.24, 2.45) is 0 Å². The molecule has 4 heteroatoms. The lowest BCUT2D eigenvalue weighted by atomic mass is 10.1. The third kappa shape index (κ3) is 2.23. The Labute approximate surface area is 92.7 Å². The minimum absolute atomic E-state index is 0.603. The largest absolute Gasteiger partial charge is 0.355 e. The van der Waals surface area contributed by atoms with Crippen molar-refractivity contribution in [3.8, 4) is 0 Å². The molecule has 14 heavy (non-hydrogen) atoms. The van der Waals surface area contributed by atoms with Crippen LogP contribution in [-0.4, -0.2) is 27.9 Å². The zero-order valence-corrected chi connectivity index (χ0v) is 9.87. The molecule has 0 aliphatic carbocycles. The minimum atomic E-state index is 0.603. The SMILES string of the molecule is Cc1nccc(N2CCCC(Br)C2)n1. The zero-order chi connectivity index (χ0) is 9.97. The summed E-state index contributed by atoms with van der Waals surface area (Å²) in [7, 11) is 0. The highest BCUT2D eigenvalue weighted by Crippen LogP contribution is 2.21. The fourth-order valence-electron chi connectivity index (χ4n) is 1.75. The third-order valence-electron chi connectivity index (χ3n) is 2.45. The van der Waals surface area contributed by atoms with E-state index >= 15 is 0 Å². The summed E-state index contributed by atoms with van der Waals surface area (Å²) in [5.74, 6) is 1.90. The van der Waals surface area contributed by atoms with Crippen molar-refractivity contribution in [2.75, 3.05) is 18.0 Å². The predicted molar refractivity (Wildman–Crippen MR) is 60.9 cm³/mol. The summed E-state index contributed by atoms with van der Waals surface area (Å²) in [6.07, 6.45) is 4.33. The summed E-state index contributed by atoms with van der Waals surface area (Å²) in [5.41, 5.74) is 0. The highest BCUT2D eigenvalue weighted by molar-refractivity contribution is 9.09. The van der Waals surface area contributed by atoms with Gasteiger partial charge in [0.15, 0.2) is 0 Å². The average Bonchev–Trinajstić information content (AvgIpc) is 2.18. The van der Waals surface area contributed by atoms with Crippen LogP contribution in [0.1, 0.15) is 18.7 Å². The molecule has 0 amide bonds. The Kier molecular flexibility index (Phi) is 3.01. The molecule has 1 aromatic heterocycles. The molecule has 3 nitrogen and oxygen atoms in total. The van der Waals surface area contributed by atoms with Crippen LogP contribution in [0, 0.1) is 6.92 Å². The Bertz CT molecular complexity index is 316. The summed E-state index contributed by atoms with van der Waals surface area (Å²) in [4.78, 5) is 11.4. The normalized spacial score (nSPS) is 22.4. The Morgan fingerprint density at radius 3 is 3.14 bits per heavy atom. The van der Waals surface area contributed by atoms with Gasteiger partial charge in [0.2, 0.25) is 0 Å². The zero-order valence-electron chi connectivity index (χ0n) is 8.28. The van der Waals surface area contributed by atoms with E-state index in [1.54, 1.807) is 0 Å². The van der Waals surface area contributed by atoms with Gasteiger partial charge in [-0.1, -0.05) is 15.9 Å². The first-order chi connectivity index (χ1) is 6.75. The van der Waals surface area contributed by atoms with E-state index in [1.807, 2.05) is 19.2 Å². The van der Waals surface area contributed by atoms with Crippen LogP contribution in [0.15, 0.2) is 12.3 Å². The van der Waals surface area contributed by atoms with Gasteiger partial charge >= 0.3 is 0 Å². The number of rotatable bonds is 1. The van der Waals surface area contributed by atoms with E-state index < -0.39 is 0 Å². The number of aromatic nitrogens is 2. The molecule has 2 heterocycles. The van der Waals surface area contributed by atoms with Crippen molar-refractivity contribution >= 4 is 21.7 Å². The van der Waals surface area contributed by atoms with Crippen molar-refractivity contribution in [1.82, 2.24) is 9.97 Å². The highest BCUT2D eigenvalue weighted by atomic mass is 79.9. The van der Waals surface area contributed by atoms with Crippen LogP contribution in [-0.2, 0) is 0 Å². The molecule has 1 aliphatic rings. The number of hydrogen-bond donors (Lipinski definition) is 0. The molecule has 2 rings (SSSR count). The second-order valence-electron chi connectivity index (χ2n) is 3.65. The molecule has 0 saturated carbocycles. The number of piperidine rings is 1. The van der Waals surface area contributed by atoms with Gasteiger partial charge in [-0.05, 0) is 25.8 Å². The van der Waals surface area contributed by atoms with Gasteiger partial charge in [-0.25, -0.2) is 9.97 Å². The summed E-state index contributed by atoms with van der Waals surface area (Å²) in [6, 6.07) is 1.98. The van der Waals surface area contributed by atoms with Crippen LogP contribution >= 0.6 is 15.9 Å². The first kappa shape index (κ1) is 9.90. The van der Waals surface area contributed by atoms with Gasteiger partial charge in [0, 0.05) is 24.1 Å². The number of anilines is 1. The highest BCUT2D eigenvalue weighted by Gasteiger charge is 2.18. The second-order valence-corrected chi connectivity index (χ2v) is 4.94. The lowest BCUT2D eigenvalue weighted by Crippen LogP contribution is -2.36. The molecule has 1 atom stereocenters. The van der Waals surface area contributed by atoms with Crippen molar-refractivity contribution in [1.29, 1.82) is 0 Å². The first-order valence-corrected chi connectivity index (χ1v) is 5.86. The fourth-order valence-corrected chi connectivity index (χ4v) is 2.43. The van der Waals surface area contributed by atoms with E-state index in [1.165, 1.54) is 12.8 Å². The molecule has 1 aromatic rings. The maximum absolute atomic E-state index is 4.43. The van der Waals surface area contributed by atoms with E-state index in [0.29, 0.717) is 4.83 Å². The van der Waals surface area contributed by atoms with E-state index in [9.17, 15) is 0 Å². The maximum atomic E-state index is 4.43. The molecule has 1 fully saturated rings. The van der Waals surface area contributed by atoms with Gasteiger partial charge in [0.1, 0.15) is 11.6 Å². The topological polar surface area (TPSA) is 29.0 Å². The summed E-state index contributed by atoms with van der Waals surface area (Å²) in [6.45, 7) is 4.09. The van der Waals surface area contributed by atoms with E-state index in [-0.39, 0.29) is 0 Å². The average molecular weight is 256 g/mol. The van der Waals surface area contributed by atoms with Crippen LogP contribution in [0.3, 0.4) is 0 Å². The van der Waals surface area contributed by atoms with Crippen LogP contribution in [0.5, 0.6) is 0 Å². The Morgan fingerprint density at radius 1 is 1.57 bits per heavy atom. The summed E-state index contributed by atoms with van der Waals surface area (Å²) >= 11 is 3.66. The first-order valence-electron chi connectivity index (χ1n) is 4.94. The number of halogens is 1. The fraction of sp³-hybridized carbons (Fsp3) is 0.600. The summed E-state index contributed by atoms with van der Waals surface area (Å²) in [5, 5.41) is 0. The number of hydrogen-bond acceptors (Lipinski definition) is 3. The molecular weight excluding hydrogens is 242 g/mol. The molecule has 0 spiro atoms. The quantitative estimate of drug-likeness (QED) is 0.721. The Hall–Kier alpha value is -0.640. The lowest BCUT2D eigenvalue weighted by molar-refractivity contribution is 0.590. The molecule has 1 aliphatic heterocycles. The minimum Gasteiger partial charge on any atom is -0.355 e. The van der Waals surface area contributed by atoms with Gasteiger partial charge in [-0.2, -0.15) is 0 Å². The van der Waals surface area contributed by atoms with E-state index in [4.69, 9.17) is 0 Å². The van der Waals surface area contributed by atoms with Crippen LogP contribution in [0.25, 0.3) is 0 Å². The van der Waals surface area contributed by atoms with Crippen molar-refractivity contribution < 1.29 is 0 Å². The van der Waals surface area contributed by atoms with Gasteiger partial charge in [0.25, 0.3) is 0 Å². The van der Waals surface area contributed by atoms with Gasteiger partial charge in [-0.15, -0.1) is 0 Å². The number of nitrogens with zero attached hydrogens (tertiary/aromatic N) is 3. The molecule has 0 N–H and O–H groups in total. The Morgan fingerprint density at radius 2 is 2.43 bits per heavy atom. The van der Waals surface area contributed by atoms with E-state index in [2.05, 4.69) is 30.8 Å². The number of aryl methyl sites for hydroxylation is 1. The predicted octanol–water partition coefficient (Wildman–Crippen LogP) is 2.15. The second kappa shape index (κ2) is 4.26. The smallest absolute Gasteiger partial charge is 0.132 e. The molecule has 76 valence electrons. The van der Waals surface area contributed by atoms with Gasteiger partial charge in [-0.3, -0.25) is 0 Å². The maximum Gasteiger partial charge on any atom is 0.132 e. The molecule has 1 unspecified atom stereocenters. The molecular formula is C10H14BrN3. The monoisotopic (exact) mass is 255 g/mol. The molecule has 0 aromatic carbocycles. The van der Waals surface area contributed by atoms with Crippen molar-refractivity contribution in [3.05, 3.63) is 18.1 Å². The van der Waals surface area contributed by atoms with Gasteiger partial charge < -0.3 is 4.90 Å². The Balaban J connectivity index is 2.14. The third-order valence-corrected chi connectivity index (χ3v) is 3.20. The molecule has 0 bridgehead atoms. The van der Waals surface area contributed by atoms with Crippen molar-refractivity contribution in [3.63, 3.8) is 0 Å². The van der Waals surface area contributed by atoms with Crippen LogP contribution < -0.4 is 4.90 Å². The number of alkyl halides is 1. The molecule has 1 saturated heterocycles. The standard InChI is InChI=1S/C10H14BrN3/c1-8-12-5-4-10(13-8)14-6-2-3-9(11)7-14/h4-5,9H,2-3,6-7H2,1H3. The van der Waals surface area contributed by atoms with Crippen LogP contribution in [0.2, 0.25) is 0 Å². The van der Waals surface area contributed by atoms with E-state index in [0.717, 1.165) is 24.7 Å².